The Morgan fingerprint density at radius 2 is 1.85 bits per heavy atom. The van der Waals surface area contributed by atoms with Crippen LogP contribution in [0, 0.1) is 10.1 Å². The Morgan fingerprint density at radius 1 is 1.25 bits per heavy atom. The Hall–Kier alpha value is -2.03. The molecule has 0 saturated heterocycles. The van der Waals surface area contributed by atoms with E-state index in [-0.39, 0.29) is 44.2 Å². The molecule has 1 aromatic rings. The Bertz CT molecular complexity index is 460. The summed E-state index contributed by atoms with van der Waals surface area (Å²) >= 11 is 0. The number of para-hydroxylation sites is 2. The summed E-state index contributed by atoms with van der Waals surface area (Å²) in [5.74, 6) is -0.443. The Balaban J connectivity index is 2.68. The maximum absolute atomic E-state index is 11.8. The predicted molar refractivity (Wildman–Crippen MR) is 72.3 cm³/mol. The number of nitro benzene ring substituents is 1. The fourth-order valence-electron chi connectivity index (χ4n) is 1.68. The van der Waals surface area contributed by atoms with Crippen molar-refractivity contribution in [2.24, 2.45) is 0 Å². The second kappa shape index (κ2) is 8.20. The highest BCUT2D eigenvalue weighted by Gasteiger charge is 2.16. The van der Waals surface area contributed by atoms with Crippen molar-refractivity contribution in [3.63, 3.8) is 0 Å². The molecule has 0 fully saturated rings. The lowest BCUT2D eigenvalue weighted by molar-refractivity contribution is -0.383. The molecule has 8 heteroatoms. The van der Waals surface area contributed by atoms with Crippen LogP contribution in [0.3, 0.4) is 0 Å². The number of nitro groups is 1. The monoisotopic (exact) mass is 283 g/mol. The topological polar surface area (TPSA) is 116 Å². The first-order valence-corrected chi connectivity index (χ1v) is 6.05. The quantitative estimate of drug-likeness (QED) is 0.450. The zero-order chi connectivity index (χ0) is 15.0. The van der Waals surface area contributed by atoms with Gasteiger partial charge in [-0.2, -0.15) is 0 Å². The largest absolute Gasteiger partial charge is 0.395 e. The number of amides is 1. The average molecular weight is 283 g/mol. The highest BCUT2D eigenvalue weighted by molar-refractivity contribution is 5.94. The second-order valence-corrected chi connectivity index (χ2v) is 4.05. The highest BCUT2D eigenvalue weighted by Crippen LogP contribution is 2.22. The number of carbonyl (C=O) groups excluding carboxylic acids is 1. The van der Waals surface area contributed by atoms with Crippen LogP contribution in [0.4, 0.5) is 11.4 Å². The van der Waals surface area contributed by atoms with Crippen LogP contribution in [0.5, 0.6) is 0 Å². The van der Waals surface area contributed by atoms with Crippen molar-refractivity contribution in [3.05, 3.63) is 34.4 Å². The summed E-state index contributed by atoms with van der Waals surface area (Å²) in [4.78, 5) is 23.6. The second-order valence-electron chi connectivity index (χ2n) is 4.05. The highest BCUT2D eigenvalue weighted by atomic mass is 16.6. The molecule has 110 valence electrons. The zero-order valence-corrected chi connectivity index (χ0v) is 10.9. The van der Waals surface area contributed by atoms with Gasteiger partial charge in [0, 0.05) is 19.2 Å². The molecule has 20 heavy (non-hydrogen) atoms. The standard InChI is InChI=1S/C12H17N3O5/c16-7-5-14(6-8-17)9-12(18)13-10-3-1-2-4-11(10)15(19)20/h1-4,16-17H,5-9H2,(H,13,18). The van der Waals surface area contributed by atoms with Gasteiger partial charge in [0.05, 0.1) is 24.7 Å². The Morgan fingerprint density at radius 3 is 2.40 bits per heavy atom. The summed E-state index contributed by atoms with van der Waals surface area (Å²) < 4.78 is 0. The van der Waals surface area contributed by atoms with Crippen LogP contribution in [0.1, 0.15) is 0 Å². The van der Waals surface area contributed by atoms with Gasteiger partial charge in [-0.05, 0) is 6.07 Å². The van der Waals surface area contributed by atoms with Crippen LogP contribution in [0.2, 0.25) is 0 Å². The van der Waals surface area contributed by atoms with E-state index in [2.05, 4.69) is 5.32 Å². The number of aliphatic hydroxyl groups is 2. The van der Waals surface area contributed by atoms with Gasteiger partial charge in [0.2, 0.25) is 5.91 Å². The molecule has 0 aromatic heterocycles. The molecule has 0 unspecified atom stereocenters. The van der Waals surface area contributed by atoms with Crippen molar-refractivity contribution in [2.45, 2.75) is 0 Å². The van der Waals surface area contributed by atoms with Crippen molar-refractivity contribution in [1.82, 2.24) is 4.90 Å². The third-order valence-corrected chi connectivity index (χ3v) is 2.57. The molecule has 0 aliphatic heterocycles. The lowest BCUT2D eigenvalue weighted by atomic mass is 10.2. The molecular weight excluding hydrogens is 266 g/mol. The molecule has 0 atom stereocenters. The van der Waals surface area contributed by atoms with E-state index in [4.69, 9.17) is 10.2 Å². The smallest absolute Gasteiger partial charge is 0.292 e. The van der Waals surface area contributed by atoms with Crippen LogP contribution in [-0.4, -0.2) is 58.8 Å². The lowest BCUT2D eigenvalue weighted by Gasteiger charge is -2.19. The number of nitrogens with zero attached hydrogens (tertiary/aromatic N) is 2. The molecule has 0 aliphatic carbocycles. The van der Waals surface area contributed by atoms with Crippen molar-refractivity contribution in [3.8, 4) is 0 Å². The minimum atomic E-state index is -0.575. The molecule has 8 nitrogen and oxygen atoms in total. The fraction of sp³-hybridized carbons (Fsp3) is 0.417. The van der Waals surface area contributed by atoms with E-state index in [1.54, 1.807) is 11.0 Å². The van der Waals surface area contributed by atoms with E-state index in [1.165, 1.54) is 18.2 Å². The summed E-state index contributed by atoms with van der Waals surface area (Å²) in [5, 5.41) is 30.9. The number of carbonyl (C=O) groups is 1. The number of hydrogen-bond donors (Lipinski definition) is 3. The molecule has 0 aliphatic rings. The summed E-state index contributed by atoms with van der Waals surface area (Å²) in [5.41, 5.74) is -0.0628. The first kappa shape index (κ1) is 16.0. The molecule has 0 saturated carbocycles. The van der Waals surface area contributed by atoms with Gasteiger partial charge in [-0.15, -0.1) is 0 Å². The predicted octanol–water partition coefficient (Wildman–Crippen LogP) is -0.180. The third-order valence-electron chi connectivity index (χ3n) is 2.57. The molecule has 1 aromatic carbocycles. The molecular formula is C12H17N3O5. The minimum absolute atomic E-state index is 0.0623. The summed E-state index contributed by atoms with van der Waals surface area (Å²) in [6, 6.07) is 5.84. The number of benzene rings is 1. The number of nitrogens with one attached hydrogen (secondary N) is 1. The van der Waals surface area contributed by atoms with Crippen LogP contribution < -0.4 is 5.32 Å². The van der Waals surface area contributed by atoms with E-state index in [0.29, 0.717) is 0 Å². The van der Waals surface area contributed by atoms with Gasteiger partial charge < -0.3 is 15.5 Å². The van der Waals surface area contributed by atoms with E-state index in [1.807, 2.05) is 0 Å². The summed E-state index contributed by atoms with van der Waals surface area (Å²) in [6.45, 7) is 0.139. The van der Waals surface area contributed by atoms with Crippen molar-refractivity contribution in [1.29, 1.82) is 0 Å². The van der Waals surface area contributed by atoms with Gasteiger partial charge in [-0.3, -0.25) is 19.8 Å². The molecule has 3 N–H and O–H groups in total. The van der Waals surface area contributed by atoms with Gasteiger partial charge >= 0.3 is 0 Å². The molecule has 0 radical (unpaired) electrons. The molecule has 0 spiro atoms. The third kappa shape index (κ3) is 4.92. The number of hydrogen-bond acceptors (Lipinski definition) is 6. The maximum Gasteiger partial charge on any atom is 0.292 e. The summed E-state index contributed by atoms with van der Waals surface area (Å²) in [7, 11) is 0. The number of anilines is 1. The van der Waals surface area contributed by atoms with E-state index >= 15 is 0 Å². The van der Waals surface area contributed by atoms with Crippen LogP contribution in [0.25, 0.3) is 0 Å². The molecule has 1 amide bonds. The van der Waals surface area contributed by atoms with E-state index in [0.717, 1.165) is 0 Å². The van der Waals surface area contributed by atoms with Crippen LogP contribution in [-0.2, 0) is 4.79 Å². The molecule has 0 heterocycles. The van der Waals surface area contributed by atoms with Crippen molar-refractivity contribution in [2.75, 3.05) is 38.2 Å². The van der Waals surface area contributed by atoms with Gasteiger partial charge in [0.25, 0.3) is 5.69 Å². The minimum Gasteiger partial charge on any atom is -0.395 e. The Labute approximate surface area is 115 Å². The van der Waals surface area contributed by atoms with Crippen LogP contribution >= 0.6 is 0 Å². The SMILES string of the molecule is O=C(CN(CCO)CCO)Nc1ccccc1[N+](=O)[O-]. The van der Waals surface area contributed by atoms with Crippen LogP contribution in [0.15, 0.2) is 24.3 Å². The first-order chi connectivity index (χ1) is 9.58. The van der Waals surface area contributed by atoms with Crippen molar-refractivity contribution < 1.29 is 19.9 Å². The van der Waals surface area contributed by atoms with Gasteiger partial charge in [-0.1, -0.05) is 12.1 Å². The maximum atomic E-state index is 11.8. The van der Waals surface area contributed by atoms with Gasteiger partial charge in [-0.25, -0.2) is 0 Å². The van der Waals surface area contributed by atoms with Crippen molar-refractivity contribution >= 4 is 17.3 Å². The zero-order valence-electron chi connectivity index (χ0n) is 10.9. The first-order valence-electron chi connectivity index (χ1n) is 6.05. The fourth-order valence-corrected chi connectivity index (χ4v) is 1.68. The van der Waals surface area contributed by atoms with Gasteiger partial charge in [0.15, 0.2) is 0 Å². The number of aliphatic hydroxyl groups excluding tert-OH is 2. The van der Waals surface area contributed by atoms with E-state index < -0.39 is 10.8 Å². The molecule has 1 rings (SSSR count). The number of rotatable bonds is 8. The normalized spacial score (nSPS) is 10.6. The Kier molecular flexibility index (Phi) is 6.57. The molecule has 0 bridgehead atoms. The average Bonchev–Trinajstić information content (AvgIpc) is 2.39. The van der Waals surface area contributed by atoms with E-state index in [9.17, 15) is 14.9 Å². The van der Waals surface area contributed by atoms with Gasteiger partial charge in [0.1, 0.15) is 5.69 Å². The lowest BCUT2D eigenvalue weighted by Crippen LogP contribution is -2.37. The summed E-state index contributed by atoms with van der Waals surface area (Å²) in [6.07, 6.45) is 0.